The maximum atomic E-state index is 6.84. The Morgan fingerprint density at radius 2 is 1.04 bits per heavy atom. The summed E-state index contributed by atoms with van der Waals surface area (Å²) in [6.07, 6.45) is 1.92. The molecule has 10 aromatic rings. The average molecular weight is 1170 g/mol. The van der Waals surface area contributed by atoms with Crippen LogP contribution in [0.5, 0.6) is 11.5 Å². The standard InChI is InChI=1S/C70H66N4O.Pt/c1-67(2,3)48-32-35-61-60(41-48)58-34-33-55(44-63(58)74(61)64-42-49(36-37-71-64)68(4,5)6)75-54-27-19-26-52(43-54)72-45-73(53-39-50(69(7,8)9)38-51(40-53)70(10,11)12)66-59(30-21-31-62(66)72)65-56(46-22-15-13-16-23-46)28-20-29-57(65)47-24-17-14-18-25-47;/h13-42H,1-12H3;/q;+2. The molecule has 11 rings (SSSR count). The number of rotatable bonds is 8. The quantitative estimate of drug-likeness (QED) is 0.112. The van der Waals surface area contributed by atoms with Gasteiger partial charge in [-0.3, -0.25) is 0 Å². The molecular weight excluding hydrogens is 1110 g/mol. The van der Waals surface area contributed by atoms with Crippen molar-refractivity contribution in [3.63, 3.8) is 0 Å². The number of aromatic nitrogens is 2. The van der Waals surface area contributed by atoms with E-state index in [4.69, 9.17) is 9.72 Å². The zero-order valence-corrected chi connectivity index (χ0v) is 48.1. The molecule has 0 saturated heterocycles. The fourth-order valence-corrected chi connectivity index (χ4v) is 10.3. The van der Waals surface area contributed by atoms with E-state index in [9.17, 15) is 0 Å². The minimum atomic E-state index is -0.103. The molecule has 0 fully saturated rings. The second-order valence-electron chi connectivity index (χ2n) is 24.2. The zero-order valence-electron chi connectivity index (χ0n) is 45.8. The first-order chi connectivity index (χ1) is 35.7. The Labute approximate surface area is 464 Å². The number of nitrogens with zero attached hydrogens (tertiary/aromatic N) is 4. The van der Waals surface area contributed by atoms with Gasteiger partial charge in [0, 0.05) is 47.0 Å². The maximum Gasteiger partial charge on any atom is 2.00 e. The van der Waals surface area contributed by atoms with E-state index < -0.39 is 0 Å². The monoisotopic (exact) mass is 1170 g/mol. The molecule has 0 aliphatic carbocycles. The van der Waals surface area contributed by atoms with Crippen molar-refractivity contribution in [3.8, 4) is 50.7 Å². The van der Waals surface area contributed by atoms with Gasteiger partial charge in [0.25, 0.3) is 5.69 Å². The van der Waals surface area contributed by atoms with E-state index in [0.717, 1.165) is 83.8 Å². The first-order valence-corrected chi connectivity index (χ1v) is 26.3. The van der Waals surface area contributed by atoms with E-state index in [1.165, 1.54) is 22.3 Å². The van der Waals surface area contributed by atoms with Crippen LogP contribution in [0.3, 0.4) is 0 Å². The van der Waals surface area contributed by atoms with Crippen LogP contribution in [0.25, 0.3) is 61.0 Å². The summed E-state index contributed by atoms with van der Waals surface area (Å²) in [6.45, 7) is 27.3. The van der Waals surface area contributed by atoms with Crippen molar-refractivity contribution in [3.05, 3.63) is 217 Å². The Hall–Kier alpha value is -7.42. The van der Waals surface area contributed by atoms with Gasteiger partial charge in [0.05, 0.1) is 5.56 Å². The summed E-state index contributed by atoms with van der Waals surface area (Å²) in [4.78, 5) is 4.96. The van der Waals surface area contributed by atoms with Crippen LogP contribution in [-0.2, 0) is 42.7 Å². The topological polar surface area (TPSA) is 33.1 Å². The van der Waals surface area contributed by atoms with E-state index in [0.29, 0.717) is 11.5 Å². The van der Waals surface area contributed by atoms with Crippen molar-refractivity contribution in [2.75, 3.05) is 0 Å². The van der Waals surface area contributed by atoms with Gasteiger partial charge in [-0.15, -0.1) is 23.6 Å². The molecule has 6 heteroatoms. The van der Waals surface area contributed by atoms with Gasteiger partial charge in [0.1, 0.15) is 11.5 Å². The van der Waals surface area contributed by atoms with Gasteiger partial charge in [-0.2, -0.15) is 12.1 Å². The van der Waals surface area contributed by atoms with Gasteiger partial charge in [-0.05, 0) is 100 Å². The molecule has 1 aliphatic heterocycles. The Bertz CT molecular complexity index is 3830. The minimum Gasteiger partial charge on any atom is -0.509 e. The van der Waals surface area contributed by atoms with Gasteiger partial charge in [-0.1, -0.05) is 208 Å². The third-order valence-corrected chi connectivity index (χ3v) is 14.7. The molecule has 0 spiro atoms. The summed E-state index contributed by atoms with van der Waals surface area (Å²) in [5.41, 5.74) is 17.4. The van der Waals surface area contributed by atoms with E-state index in [1.54, 1.807) is 0 Å². The van der Waals surface area contributed by atoms with E-state index >= 15 is 0 Å². The number of ether oxygens (including phenoxy) is 1. The summed E-state index contributed by atoms with van der Waals surface area (Å²) < 4.78 is 13.5. The Morgan fingerprint density at radius 1 is 0.474 bits per heavy atom. The molecule has 0 radical (unpaired) electrons. The molecule has 0 bridgehead atoms. The summed E-state index contributed by atoms with van der Waals surface area (Å²) in [6, 6.07) is 74.7. The molecule has 8 aromatic carbocycles. The second kappa shape index (κ2) is 19.6. The number of hydrogen-bond donors (Lipinski definition) is 0. The molecule has 0 saturated carbocycles. The van der Waals surface area contributed by atoms with Gasteiger partial charge < -0.3 is 9.30 Å². The minimum absolute atomic E-state index is 0. The van der Waals surface area contributed by atoms with E-state index in [2.05, 4.69) is 273 Å². The first-order valence-electron chi connectivity index (χ1n) is 26.3. The molecule has 76 heavy (non-hydrogen) atoms. The number of pyridine rings is 1. The number of fused-ring (bicyclic) bond motifs is 4. The van der Waals surface area contributed by atoms with Gasteiger partial charge in [-0.25, -0.2) is 4.98 Å². The average Bonchev–Trinajstić information content (AvgIpc) is 3.99. The van der Waals surface area contributed by atoms with Gasteiger partial charge in [0.2, 0.25) is 5.69 Å². The Kier molecular flexibility index (Phi) is 13.4. The summed E-state index contributed by atoms with van der Waals surface area (Å²) in [5, 5.41) is 2.25. The predicted molar refractivity (Wildman–Crippen MR) is 315 cm³/mol. The Balaban J connectivity index is 0.00000657. The summed E-state index contributed by atoms with van der Waals surface area (Å²) in [5.74, 6) is 2.00. The van der Waals surface area contributed by atoms with Gasteiger partial charge in [0.15, 0.2) is 0 Å². The number of para-hydroxylation sites is 1. The SMILES string of the molecule is CC(C)(C)c1cc([N+]2=C=[N+](c3[c-]c(Oc4[c-]c5c(cc4)c4cc(C(C)(C)C)ccc4n5-c4cc(C(C)(C)C)ccn4)ccc3)c3cccc(-c4c(-c5ccccc5)cccc4-c4ccccc4)c32)cc(C(C)(C)C)c1.[Pt+2]. The van der Waals surface area contributed by atoms with Crippen LogP contribution in [0.1, 0.15) is 105 Å². The van der Waals surface area contributed by atoms with Crippen LogP contribution < -0.4 is 13.9 Å². The third kappa shape index (κ3) is 9.84. The van der Waals surface area contributed by atoms with Crippen molar-refractivity contribution < 1.29 is 25.8 Å². The summed E-state index contributed by atoms with van der Waals surface area (Å²) in [7, 11) is 0. The van der Waals surface area contributed by atoms with E-state index in [-0.39, 0.29) is 42.7 Å². The molecule has 5 nitrogen and oxygen atoms in total. The fourth-order valence-electron chi connectivity index (χ4n) is 10.3. The van der Waals surface area contributed by atoms with Crippen LogP contribution >= 0.6 is 0 Å². The van der Waals surface area contributed by atoms with Crippen LogP contribution in [0.2, 0.25) is 0 Å². The van der Waals surface area contributed by atoms with Crippen LogP contribution in [0.4, 0.5) is 22.7 Å². The molecule has 3 heterocycles. The Morgan fingerprint density at radius 3 is 1.66 bits per heavy atom. The van der Waals surface area contributed by atoms with Gasteiger partial charge >= 0.3 is 32.8 Å². The van der Waals surface area contributed by atoms with Crippen molar-refractivity contribution >= 4 is 50.6 Å². The largest absolute Gasteiger partial charge is 2.00 e. The molecule has 0 amide bonds. The fraction of sp³-hybridized carbons (Fsp3) is 0.229. The maximum absolute atomic E-state index is 6.84. The van der Waals surface area contributed by atoms with Crippen molar-refractivity contribution in [1.29, 1.82) is 0 Å². The molecule has 380 valence electrons. The zero-order chi connectivity index (χ0) is 52.6. The summed E-state index contributed by atoms with van der Waals surface area (Å²) >= 11 is 0. The molecule has 0 atom stereocenters. The molecule has 1 aliphatic rings. The third-order valence-electron chi connectivity index (χ3n) is 14.7. The normalized spacial score (nSPS) is 12.8. The molecule has 0 unspecified atom stereocenters. The second-order valence-corrected chi connectivity index (χ2v) is 24.2. The molecular formula is C70H66N4OPt+2. The van der Waals surface area contributed by atoms with Crippen molar-refractivity contribution in [1.82, 2.24) is 18.7 Å². The van der Waals surface area contributed by atoms with Crippen molar-refractivity contribution in [2.24, 2.45) is 0 Å². The first kappa shape index (κ1) is 52.0. The van der Waals surface area contributed by atoms with E-state index in [1.807, 2.05) is 24.4 Å². The van der Waals surface area contributed by atoms with Crippen molar-refractivity contribution in [2.45, 2.75) is 105 Å². The number of hydrogen-bond acceptors (Lipinski definition) is 2. The number of benzene rings is 8. The smallest absolute Gasteiger partial charge is 0.509 e. The molecule has 2 aromatic heterocycles. The van der Waals surface area contributed by atoms with Crippen LogP contribution in [-0.4, -0.2) is 15.6 Å². The van der Waals surface area contributed by atoms with Crippen LogP contribution in [0.15, 0.2) is 182 Å². The predicted octanol–water partition coefficient (Wildman–Crippen LogP) is 18.6. The van der Waals surface area contributed by atoms with Crippen LogP contribution in [0, 0.1) is 12.1 Å². The molecule has 0 N–H and O–H groups in total.